The van der Waals surface area contributed by atoms with Crippen molar-refractivity contribution in [3.63, 3.8) is 0 Å². The Hall–Kier alpha value is -3.03. The number of fused-ring (bicyclic) bond motifs is 1. The molecule has 2 N–H and O–H groups in total. The van der Waals surface area contributed by atoms with Crippen molar-refractivity contribution in [1.82, 2.24) is 4.57 Å². The van der Waals surface area contributed by atoms with E-state index in [0.29, 0.717) is 8.83 Å². The van der Waals surface area contributed by atoms with Crippen LogP contribution in [-0.2, 0) is 11.2 Å². The highest BCUT2D eigenvalue weighted by atomic mass is 32.1. The van der Waals surface area contributed by atoms with Crippen LogP contribution in [0.4, 0.5) is 5.69 Å². The van der Waals surface area contributed by atoms with E-state index in [0.717, 1.165) is 22.4 Å². The Bertz CT molecular complexity index is 1160. The van der Waals surface area contributed by atoms with Crippen molar-refractivity contribution in [2.45, 2.75) is 12.5 Å². The Labute approximate surface area is 170 Å². The van der Waals surface area contributed by atoms with E-state index < -0.39 is 12.0 Å². The van der Waals surface area contributed by atoms with Gasteiger partial charge in [-0.3, -0.25) is 9.56 Å². The van der Waals surface area contributed by atoms with Crippen molar-refractivity contribution in [2.24, 2.45) is 4.99 Å². The summed E-state index contributed by atoms with van der Waals surface area (Å²) in [5.41, 5.74) is 3.54. The van der Waals surface area contributed by atoms with Gasteiger partial charge in [0.1, 0.15) is 6.04 Å². The van der Waals surface area contributed by atoms with Crippen molar-refractivity contribution < 1.29 is 15.0 Å². The fourth-order valence-electron chi connectivity index (χ4n) is 3.18. The molecule has 1 aromatic heterocycles. The van der Waals surface area contributed by atoms with Crippen LogP contribution < -0.4 is 0 Å². The van der Waals surface area contributed by atoms with Gasteiger partial charge < -0.3 is 10.2 Å². The lowest BCUT2D eigenvalue weighted by atomic mass is 10.1. The molecule has 1 atom stereocenters. The number of hydrogen-bond acceptors (Lipinski definition) is 5. The summed E-state index contributed by atoms with van der Waals surface area (Å²) in [7, 11) is 0. The average molecular weight is 409 g/mol. The number of carboxylic acid groups (broad SMARTS) is 1. The zero-order valence-corrected chi connectivity index (χ0v) is 16.3. The van der Waals surface area contributed by atoms with Gasteiger partial charge in [-0.05, 0) is 29.9 Å². The minimum Gasteiger partial charge on any atom is -0.493 e. The fraction of sp³-hybridized carbons (Fsp3) is 0.0952. The maximum atomic E-state index is 11.9. The normalized spacial score (nSPS) is 14.9. The van der Waals surface area contributed by atoms with Gasteiger partial charge in [0.15, 0.2) is 3.95 Å². The summed E-state index contributed by atoms with van der Waals surface area (Å²) in [4.78, 5) is 16.8. The number of hydrogen-bond donors (Lipinski definition) is 2. The predicted molar refractivity (Wildman–Crippen MR) is 114 cm³/mol. The van der Waals surface area contributed by atoms with E-state index in [2.05, 4.69) is 4.99 Å². The SMILES string of the molecule is O=C(O)[C@@H](Cc1ccccc1)n1c(O)c(C=C2C=Nc3ccccc32)sc1=S. The number of para-hydroxylation sites is 1. The van der Waals surface area contributed by atoms with Crippen LogP contribution in [0.2, 0.25) is 0 Å². The van der Waals surface area contributed by atoms with Crippen molar-refractivity contribution in [1.29, 1.82) is 0 Å². The first-order valence-electron chi connectivity index (χ1n) is 8.61. The molecule has 3 aromatic rings. The second kappa shape index (κ2) is 7.53. The van der Waals surface area contributed by atoms with Gasteiger partial charge in [0, 0.05) is 23.8 Å². The Kier molecular flexibility index (Phi) is 4.93. The minimum absolute atomic E-state index is 0.136. The van der Waals surface area contributed by atoms with Crippen LogP contribution in [0.5, 0.6) is 5.88 Å². The van der Waals surface area contributed by atoms with Gasteiger partial charge in [-0.1, -0.05) is 48.5 Å². The van der Waals surface area contributed by atoms with Crippen LogP contribution in [0.1, 0.15) is 22.0 Å². The predicted octanol–water partition coefficient (Wildman–Crippen LogP) is 5.11. The zero-order valence-electron chi connectivity index (χ0n) is 14.6. The number of aromatic hydroxyl groups is 1. The number of carbonyl (C=O) groups is 1. The first-order chi connectivity index (χ1) is 13.5. The van der Waals surface area contributed by atoms with Gasteiger partial charge in [0.2, 0.25) is 5.88 Å². The molecule has 0 saturated heterocycles. The molecule has 2 aromatic carbocycles. The summed E-state index contributed by atoms with van der Waals surface area (Å²) < 4.78 is 1.63. The van der Waals surface area contributed by atoms with E-state index in [-0.39, 0.29) is 12.3 Å². The number of nitrogens with zero attached hydrogens (tertiary/aromatic N) is 2. The fourth-order valence-corrected chi connectivity index (χ4v) is 4.54. The molecule has 5 nitrogen and oxygen atoms in total. The van der Waals surface area contributed by atoms with E-state index >= 15 is 0 Å². The van der Waals surface area contributed by atoms with E-state index in [1.165, 1.54) is 15.9 Å². The maximum absolute atomic E-state index is 11.9. The quantitative estimate of drug-likeness (QED) is 0.575. The molecule has 0 radical (unpaired) electrons. The molecule has 2 heterocycles. The van der Waals surface area contributed by atoms with Gasteiger partial charge in [0.05, 0.1) is 10.6 Å². The van der Waals surface area contributed by atoms with E-state index in [1.807, 2.05) is 54.6 Å². The summed E-state index contributed by atoms with van der Waals surface area (Å²) in [6, 6.07) is 16.0. The Morgan fingerprint density at radius 3 is 2.64 bits per heavy atom. The van der Waals surface area contributed by atoms with Gasteiger partial charge in [0.25, 0.3) is 0 Å². The highest BCUT2D eigenvalue weighted by molar-refractivity contribution is 7.73. The molecule has 0 unspecified atom stereocenters. The van der Waals surface area contributed by atoms with Gasteiger partial charge in [-0.2, -0.15) is 0 Å². The first-order valence-corrected chi connectivity index (χ1v) is 9.83. The standard InChI is InChI=1S/C21H16N2O3S2/c24-19-18(11-14-12-22-16-9-5-4-8-15(14)16)28-21(27)23(19)17(20(25)26)10-13-6-2-1-3-7-13/h1-9,11-12,17,24H,10H2,(H,25,26)/t17-/m1/s1. The molecule has 7 heteroatoms. The van der Waals surface area contributed by atoms with Crippen molar-refractivity contribution in [3.05, 3.63) is 74.6 Å². The summed E-state index contributed by atoms with van der Waals surface area (Å²) in [6.45, 7) is 0. The maximum Gasteiger partial charge on any atom is 0.327 e. The monoisotopic (exact) mass is 408 g/mol. The molecule has 1 aliphatic heterocycles. The number of rotatable bonds is 5. The number of benzene rings is 2. The molecular formula is C21H16N2O3S2. The van der Waals surface area contributed by atoms with Crippen LogP contribution >= 0.6 is 23.6 Å². The molecule has 0 bridgehead atoms. The molecule has 4 rings (SSSR count). The number of thiazole rings is 1. The van der Waals surface area contributed by atoms with Crippen LogP contribution in [0, 0.1) is 3.95 Å². The third kappa shape index (κ3) is 3.42. The van der Waals surface area contributed by atoms with E-state index in [1.54, 1.807) is 12.3 Å². The Balaban J connectivity index is 1.73. The summed E-state index contributed by atoms with van der Waals surface area (Å²) >= 11 is 6.57. The van der Waals surface area contributed by atoms with Crippen LogP contribution in [0.15, 0.2) is 59.6 Å². The second-order valence-corrected chi connectivity index (χ2v) is 8.02. The van der Waals surface area contributed by atoms with E-state index in [9.17, 15) is 15.0 Å². The topological polar surface area (TPSA) is 74.8 Å². The smallest absolute Gasteiger partial charge is 0.327 e. The zero-order chi connectivity index (χ0) is 19.7. The molecule has 140 valence electrons. The number of carboxylic acids is 1. The molecular weight excluding hydrogens is 392 g/mol. The Morgan fingerprint density at radius 2 is 1.89 bits per heavy atom. The molecule has 0 saturated carbocycles. The second-order valence-electron chi connectivity index (χ2n) is 6.34. The molecule has 1 aliphatic rings. The average Bonchev–Trinajstić information content (AvgIpc) is 3.22. The lowest BCUT2D eigenvalue weighted by Crippen LogP contribution is -2.21. The Morgan fingerprint density at radius 1 is 1.18 bits per heavy atom. The molecule has 0 aliphatic carbocycles. The molecule has 0 fully saturated rings. The van der Waals surface area contributed by atoms with Crippen molar-refractivity contribution in [2.75, 3.05) is 0 Å². The van der Waals surface area contributed by atoms with Crippen molar-refractivity contribution in [3.8, 4) is 5.88 Å². The van der Waals surface area contributed by atoms with Crippen LogP contribution in [0.3, 0.4) is 0 Å². The highest BCUT2D eigenvalue weighted by Crippen LogP contribution is 2.37. The first kappa shape index (κ1) is 18.3. The summed E-state index contributed by atoms with van der Waals surface area (Å²) in [5.74, 6) is -1.18. The highest BCUT2D eigenvalue weighted by Gasteiger charge is 2.26. The molecule has 28 heavy (non-hydrogen) atoms. The lowest BCUT2D eigenvalue weighted by Gasteiger charge is -2.15. The molecule has 0 spiro atoms. The number of aliphatic carboxylic acids is 1. The molecule has 0 amide bonds. The third-order valence-electron chi connectivity index (χ3n) is 4.56. The van der Waals surface area contributed by atoms with Gasteiger partial charge >= 0.3 is 5.97 Å². The summed E-state index contributed by atoms with van der Waals surface area (Å²) in [5, 5.41) is 20.5. The lowest BCUT2D eigenvalue weighted by molar-refractivity contribution is -0.141. The van der Waals surface area contributed by atoms with Crippen molar-refractivity contribution >= 4 is 53.1 Å². The number of aliphatic imine (C=N–C) groups is 1. The van der Waals surface area contributed by atoms with Gasteiger partial charge in [-0.25, -0.2) is 4.79 Å². The third-order valence-corrected chi connectivity index (χ3v) is 5.89. The van der Waals surface area contributed by atoms with Gasteiger partial charge in [-0.15, -0.1) is 11.3 Å². The van der Waals surface area contributed by atoms with Crippen LogP contribution in [-0.4, -0.2) is 27.0 Å². The number of aromatic nitrogens is 1. The summed E-state index contributed by atoms with van der Waals surface area (Å²) in [6.07, 6.45) is 3.76. The van der Waals surface area contributed by atoms with E-state index in [4.69, 9.17) is 12.2 Å². The minimum atomic E-state index is -1.04. The van der Waals surface area contributed by atoms with Crippen LogP contribution in [0.25, 0.3) is 11.6 Å². The number of allylic oxidation sites excluding steroid dienone is 1. The largest absolute Gasteiger partial charge is 0.493 e.